The number of piperidine rings is 1. The highest BCUT2D eigenvalue weighted by Gasteiger charge is 2.31. The summed E-state index contributed by atoms with van der Waals surface area (Å²) in [7, 11) is 0. The van der Waals surface area contributed by atoms with E-state index >= 15 is 0 Å². The van der Waals surface area contributed by atoms with Gasteiger partial charge in [0.2, 0.25) is 11.9 Å². The molecule has 1 atom stereocenters. The standard InChI is InChI=1S/C17H23N5O2/c1-13-4-2-6-15-18-19-17(22(13)15)21-7-3-5-14(12-21)16(23)20-8-10-24-11-9-20/h2,4,6,14H,3,5,7-12H2,1H3. The zero-order valence-electron chi connectivity index (χ0n) is 14.0. The van der Waals surface area contributed by atoms with Crippen LogP contribution in [0.25, 0.3) is 5.65 Å². The van der Waals surface area contributed by atoms with Crippen molar-refractivity contribution in [3.63, 3.8) is 0 Å². The molecular formula is C17H23N5O2. The van der Waals surface area contributed by atoms with E-state index in [1.807, 2.05) is 17.0 Å². The van der Waals surface area contributed by atoms with Gasteiger partial charge in [-0.1, -0.05) is 6.07 Å². The molecule has 0 saturated carbocycles. The van der Waals surface area contributed by atoms with E-state index in [4.69, 9.17) is 4.74 Å². The van der Waals surface area contributed by atoms with Crippen LogP contribution in [0.15, 0.2) is 18.2 Å². The van der Waals surface area contributed by atoms with Crippen LogP contribution in [0.4, 0.5) is 5.95 Å². The predicted octanol–water partition coefficient (Wildman–Crippen LogP) is 1.11. The molecule has 1 unspecified atom stereocenters. The van der Waals surface area contributed by atoms with E-state index in [1.54, 1.807) is 0 Å². The molecule has 0 N–H and O–H groups in total. The van der Waals surface area contributed by atoms with Gasteiger partial charge in [0.25, 0.3) is 0 Å². The lowest BCUT2D eigenvalue weighted by Crippen LogP contribution is -2.48. The van der Waals surface area contributed by atoms with E-state index in [-0.39, 0.29) is 11.8 Å². The van der Waals surface area contributed by atoms with Crippen molar-refractivity contribution in [1.82, 2.24) is 19.5 Å². The number of ether oxygens (including phenoxy) is 1. The topological polar surface area (TPSA) is 63.0 Å². The molecule has 1 amide bonds. The minimum Gasteiger partial charge on any atom is -0.378 e. The van der Waals surface area contributed by atoms with Crippen molar-refractivity contribution in [2.24, 2.45) is 5.92 Å². The Morgan fingerprint density at radius 2 is 2.04 bits per heavy atom. The highest BCUT2D eigenvalue weighted by molar-refractivity contribution is 5.79. The van der Waals surface area contributed by atoms with Crippen molar-refractivity contribution in [2.45, 2.75) is 19.8 Å². The van der Waals surface area contributed by atoms with Gasteiger partial charge in [0.15, 0.2) is 5.65 Å². The van der Waals surface area contributed by atoms with Crippen LogP contribution in [0.1, 0.15) is 18.5 Å². The largest absolute Gasteiger partial charge is 0.378 e. The van der Waals surface area contributed by atoms with Crippen LogP contribution in [0.2, 0.25) is 0 Å². The van der Waals surface area contributed by atoms with Gasteiger partial charge in [-0.25, -0.2) is 0 Å². The van der Waals surface area contributed by atoms with Crippen LogP contribution < -0.4 is 4.90 Å². The number of fused-ring (bicyclic) bond motifs is 1. The van der Waals surface area contributed by atoms with Gasteiger partial charge in [-0.15, -0.1) is 10.2 Å². The van der Waals surface area contributed by atoms with Crippen molar-refractivity contribution >= 4 is 17.5 Å². The van der Waals surface area contributed by atoms with E-state index in [9.17, 15) is 4.79 Å². The van der Waals surface area contributed by atoms with E-state index in [2.05, 4.69) is 32.5 Å². The molecule has 0 bridgehead atoms. The molecule has 0 aliphatic carbocycles. The highest BCUT2D eigenvalue weighted by atomic mass is 16.5. The van der Waals surface area contributed by atoms with Crippen LogP contribution in [0, 0.1) is 12.8 Å². The van der Waals surface area contributed by atoms with Gasteiger partial charge < -0.3 is 14.5 Å². The molecule has 0 radical (unpaired) electrons. The molecule has 24 heavy (non-hydrogen) atoms. The Hall–Kier alpha value is -2.15. The summed E-state index contributed by atoms with van der Waals surface area (Å²) in [4.78, 5) is 17.0. The van der Waals surface area contributed by atoms with Gasteiger partial charge in [-0.05, 0) is 31.9 Å². The summed E-state index contributed by atoms with van der Waals surface area (Å²) in [6, 6.07) is 6.01. The second-order valence-electron chi connectivity index (χ2n) is 6.58. The Kier molecular flexibility index (Phi) is 4.10. The minimum atomic E-state index is 0.0354. The first-order chi connectivity index (χ1) is 11.7. The zero-order chi connectivity index (χ0) is 16.5. The Morgan fingerprint density at radius 1 is 1.21 bits per heavy atom. The molecule has 2 saturated heterocycles. The molecule has 4 rings (SSSR count). The number of carbonyl (C=O) groups excluding carboxylic acids is 1. The summed E-state index contributed by atoms with van der Waals surface area (Å²) in [5, 5.41) is 8.65. The molecular weight excluding hydrogens is 306 g/mol. The van der Waals surface area contributed by atoms with E-state index in [0.29, 0.717) is 32.8 Å². The van der Waals surface area contributed by atoms with Gasteiger partial charge in [-0.2, -0.15) is 0 Å². The van der Waals surface area contributed by atoms with Gasteiger partial charge in [-0.3, -0.25) is 9.20 Å². The van der Waals surface area contributed by atoms with Crippen molar-refractivity contribution in [1.29, 1.82) is 0 Å². The predicted molar refractivity (Wildman–Crippen MR) is 90.1 cm³/mol. The number of hydrogen-bond acceptors (Lipinski definition) is 5. The second-order valence-corrected chi connectivity index (χ2v) is 6.58. The second kappa shape index (κ2) is 6.39. The van der Waals surface area contributed by atoms with E-state index < -0.39 is 0 Å². The number of rotatable bonds is 2. The van der Waals surface area contributed by atoms with E-state index in [1.165, 1.54) is 0 Å². The Bertz CT molecular complexity index is 738. The summed E-state index contributed by atoms with van der Waals surface area (Å²) in [5.41, 5.74) is 1.96. The number of hydrogen-bond donors (Lipinski definition) is 0. The van der Waals surface area contributed by atoms with Gasteiger partial charge in [0, 0.05) is 31.9 Å². The first-order valence-corrected chi connectivity index (χ1v) is 8.66. The van der Waals surface area contributed by atoms with E-state index in [0.717, 1.165) is 36.7 Å². The average Bonchev–Trinajstić information content (AvgIpc) is 3.07. The maximum absolute atomic E-state index is 12.8. The zero-order valence-corrected chi connectivity index (χ0v) is 14.0. The van der Waals surface area contributed by atoms with Crippen LogP contribution in [0.3, 0.4) is 0 Å². The molecule has 0 spiro atoms. The van der Waals surface area contributed by atoms with Gasteiger partial charge in [0.1, 0.15) is 0 Å². The smallest absolute Gasteiger partial charge is 0.231 e. The molecule has 4 heterocycles. The summed E-state index contributed by atoms with van der Waals surface area (Å²) in [6.07, 6.45) is 1.95. The number of carbonyl (C=O) groups is 1. The normalized spacial score (nSPS) is 22.1. The Labute approximate surface area is 141 Å². The fourth-order valence-electron chi connectivity index (χ4n) is 3.69. The van der Waals surface area contributed by atoms with Crippen LogP contribution in [-0.4, -0.2) is 64.8 Å². The third-order valence-corrected chi connectivity index (χ3v) is 4.98. The first-order valence-electron chi connectivity index (χ1n) is 8.66. The summed E-state index contributed by atoms with van der Waals surface area (Å²) >= 11 is 0. The summed E-state index contributed by atoms with van der Waals surface area (Å²) in [6.45, 7) is 6.41. The van der Waals surface area contributed by atoms with Crippen molar-refractivity contribution in [3.8, 4) is 0 Å². The lowest BCUT2D eigenvalue weighted by molar-refractivity contribution is -0.139. The third kappa shape index (κ3) is 2.73. The molecule has 7 heteroatoms. The number of morpholine rings is 1. The molecule has 7 nitrogen and oxygen atoms in total. The lowest BCUT2D eigenvalue weighted by atomic mass is 9.96. The summed E-state index contributed by atoms with van der Waals surface area (Å²) < 4.78 is 7.42. The molecule has 2 aromatic rings. The summed E-state index contributed by atoms with van der Waals surface area (Å²) in [5.74, 6) is 1.14. The fraction of sp³-hybridized carbons (Fsp3) is 0.588. The molecule has 2 aliphatic heterocycles. The molecule has 0 aromatic carbocycles. The number of aromatic nitrogens is 3. The third-order valence-electron chi connectivity index (χ3n) is 4.98. The van der Waals surface area contributed by atoms with Crippen molar-refractivity contribution in [3.05, 3.63) is 23.9 Å². The molecule has 2 aromatic heterocycles. The van der Waals surface area contributed by atoms with Crippen LogP contribution in [0.5, 0.6) is 0 Å². The first kappa shape index (κ1) is 15.4. The van der Waals surface area contributed by atoms with Gasteiger partial charge in [0.05, 0.1) is 19.1 Å². The number of aryl methyl sites for hydroxylation is 1. The number of pyridine rings is 1. The number of anilines is 1. The molecule has 2 aliphatic rings. The maximum atomic E-state index is 12.8. The number of nitrogens with zero attached hydrogens (tertiary/aromatic N) is 5. The van der Waals surface area contributed by atoms with Crippen LogP contribution in [-0.2, 0) is 9.53 Å². The molecule has 2 fully saturated rings. The SMILES string of the molecule is Cc1cccc2nnc(N3CCCC(C(=O)N4CCOCC4)C3)n12. The van der Waals surface area contributed by atoms with Crippen LogP contribution >= 0.6 is 0 Å². The quantitative estimate of drug-likeness (QED) is 0.826. The average molecular weight is 329 g/mol. The Morgan fingerprint density at radius 3 is 2.88 bits per heavy atom. The highest BCUT2D eigenvalue weighted by Crippen LogP contribution is 2.25. The monoisotopic (exact) mass is 329 g/mol. The minimum absolute atomic E-state index is 0.0354. The fourth-order valence-corrected chi connectivity index (χ4v) is 3.69. The lowest BCUT2D eigenvalue weighted by Gasteiger charge is -2.36. The van der Waals surface area contributed by atoms with Crippen molar-refractivity contribution in [2.75, 3.05) is 44.3 Å². The van der Waals surface area contributed by atoms with Crippen molar-refractivity contribution < 1.29 is 9.53 Å². The number of amides is 1. The molecule has 128 valence electrons. The van der Waals surface area contributed by atoms with Gasteiger partial charge >= 0.3 is 0 Å². The maximum Gasteiger partial charge on any atom is 0.231 e. The Balaban J connectivity index is 1.55.